The third-order valence-corrected chi connectivity index (χ3v) is 1.96. The van der Waals surface area contributed by atoms with Gasteiger partial charge in [-0.3, -0.25) is 0 Å². The molecule has 1 rings (SSSR count). The molecule has 1 nitrogen and oxygen atoms in total. The zero-order valence-corrected chi connectivity index (χ0v) is 11.1. The van der Waals surface area contributed by atoms with Gasteiger partial charge in [0.05, 0.1) is 6.10 Å². The first-order chi connectivity index (χ1) is 7.00. The molecule has 0 atom stereocenters. The Kier molecular flexibility index (Phi) is 6.07. The molecule has 0 bridgehead atoms. The first-order valence-corrected chi connectivity index (χ1v) is 5.75. The minimum atomic E-state index is 0.250. The molecule has 86 valence electrons. The Morgan fingerprint density at radius 2 is 1.33 bits per heavy atom. The number of hydrogen-bond donors (Lipinski definition) is 0. The van der Waals surface area contributed by atoms with Gasteiger partial charge in [0, 0.05) is 0 Å². The molecule has 0 aliphatic carbocycles. The van der Waals surface area contributed by atoms with Crippen molar-refractivity contribution in [3.05, 3.63) is 28.8 Å². The van der Waals surface area contributed by atoms with E-state index >= 15 is 0 Å². The number of hydrogen-bond acceptors (Lipinski definition) is 1. The molecule has 1 heteroatoms. The van der Waals surface area contributed by atoms with Crippen molar-refractivity contribution >= 4 is 0 Å². The molecule has 0 N–H and O–H groups in total. The summed E-state index contributed by atoms with van der Waals surface area (Å²) in [5, 5.41) is 0. The smallest absolute Gasteiger partial charge is 0.125 e. The van der Waals surface area contributed by atoms with E-state index in [1.54, 1.807) is 0 Å². The summed E-state index contributed by atoms with van der Waals surface area (Å²) in [7, 11) is 0. The quantitative estimate of drug-likeness (QED) is 0.699. The van der Waals surface area contributed by atoms with Crippen LogP contribution in [0.3, 0.4) is 0 Å². The van der Waals surface area contributed by atoms with Gasteiger partial charge in [0.25, 0.3) is 0 Å². The molecule has 0 amide bonds. The summed E-state index contributed by atoms with van der Waals surface area (Å²) in [6.07, 6.45) is 0.250. The van der Waals surface area contributed by atoms with E-state index in [4.69, 9.17) is 4.74 Å². The largest absolute Gasteiger partial charge is 0.490 e. The van der Waals surface area contributed by atoms with Crippen LogP contribution in [-0.2, 0) is 0 Å². The van der Waals surface area contributed by atoms with Gasteiger partial charge in [-0.25, -0.2) is 0 Å². The molecule has 0 aliphatic rings. The fourth-order valence-corrected chi connectivity index (χ4v) is 1.59. The van der Waals surface area contributed by atoms with Crippen molar-refractivity contribution in [2.45, 2.75) is 54.6 Å². The summed E-state index contributed by atoms with van der Waals surface area (Å²) in [6.45, 7) is 14.4. The number of benzene rings is 1. The van der Waals surface area contributed by atoms with Gasteiger partial charge >= 0.3 is 0 Å². The summed E-state index contributed by atoms with van der Waals surface area (Å²) < 4.78 is 5.73. The third kappa shape index (κ3) is 4.37. The molecule has 0 fully saturated rings. The predicted molar refractivity (Wildman–Crippen MR) is 67.8 cm³/mol. The van der Waals surface area contributed by atoms with Crippen molar-refractivity contribution in [2.75, 3.05) is 0 Å². The maximum atomic E-state index is 5.73. The fraction of sp³-hybridized carbons (Fsp3) is 0.571. The van der Waals surface area contributed by atoms with E-state index in [0.717, 1.165) is 5.75 Å². The SMILES string of the molecule is CC.Cc1cc(C)c(OC(C)C)c(C)c1. The van der Waals surface area contributed by atoms with Crippen molar-refractivity contribution in [2.24, 2.45) is 0 Å². The molecule has 1 aromatic carbocycles. The Bertz CT molecular complexity index is 277. The van der Waals surface area contributed by atoms with Gasteiger partial charge in [0.15, 0.2) is 0 Å². The summed E-state index contributed by atoms with van der Waals surface area (Å²) in [6, 6.07) is 4.31. The van der Waals surface area contributed by atoms with Crippen LogP contribution in [0.4, 0.5) is 0 Å². The maximum Gasteiger partial charge on any atom is 0.125 e. The van der Waals surface area contributed by atoms with E-state index in [0.29, 0.717) is 0 Å². The van der Waals surface area contributed by atoms with Gasteiger partial charge in [0.1, 0.15) is 5.75 Å². The predicted octanol–water partition coefficient (Wildman–Crippen LogP) is 4.43. The van der Waals surface area contributed by atoms with Gasteiger partial charge in [-0.15, -0.1) is 0 Å². The second kappa shape index (κ2) is 6.49. The van der Waals surface area contributed by atoms with Gasteiger partial charge < -0.3 is 4.74 Å². The highest BCUT2D eigenvalue weighted by atomic mass is 16.5. The molecular formula is C14H24O. The molecule has 0 saturated heterocycles. The molecule has 0 saturated carbocycles. The van der Waals surface area contributed by atoms with Gasteiger partial charge in [-0.05, 0) is 45.7 Å². The standard InChI is InChI=1S/C12H18O.C2H6/c1-8(2)13-12-10(4)6-9(3)7-11(12)5;1-2/h6-8H,1-5H3;1-2H3. The normalized spacial score (nSPS) is 9.60. The molecule has 0 spiro atoms. The third-order valence-electron chi connectivity index (χ3n) is 1.96. The Morgan fingerprint density at radius 1 is 0.933 bits per heavy atom. The van der Waals surface area contributed by atoms with Crippen LogP contribution in [0.2, 0.25) is 0 Å². The Hall–Kier alpha value is -0.980. The molecular weight excluding hydrogens is 184 g/mol. The average molecular weight is 208 g/mol. The van der Waals surface area contributed by atoms with Crippen LogP contribution in [0.5, 0.6) is 5.75 Å². The topological polar surface area (TPSA) is 9.23 Å². The Morgan fingerprint density at radius 3 is 1.67 bits per heavy atom. The minimum absolute atomic E-state index is 0.250. The zero-order chi connectivity index (χ0) is 12.0. The highest BCUT2D eigenvalue weighted by Crippen LogP contribution is 2.25. The Labute approximate surface area is 94.5 Å². The summed E-state index contributed by atoms with van der Waals surface area (Å²) in [5.41, 5.74) is 3.75. The molecule has 0 heterocycles. The number of aryl methyl sites for hydroxylation is 3. The van der Waals surface area contributed by atoms with Crippen LogP contribution >= 0.6 is 0 Å². The van der Waals surface area contributed by atoms with E-state index < -0.39 is 0 Å². The van der Waals surface area contributed by atoms with Crippen LogP contribution in [0, 0.1) is 20.8 Å². The van der Waals surface area contributed by atoms with Crippen molar-refractivity contribution in [1.82, 2.24) is 0 Å². The molecule has 0 aliphatic heterocycles. The highest BCUT2D eigenvalue weighted by Gasteiger charge is 2.05. The van der Waals surface area contributed by atoms with Gasteiger partial charge in [0.2, 0.25) is 0 Å². The first kappa shape index (κ1) is 14.0. The van der Waals surface area contributed by atoms with E-state index in [9.17, 15) is 0 Å². The highest BCUT2D eigenvalue weighted by molar-refractivity contribution is 5.42. The van der Waals surface area contributed by atoms with Crippen LogP contribution in [0.15, 0.2) is 12.1 Å². The van der Waals surface area contributed by atoms with E-state index in [2.05, 4.69) is 46.8 Å². The van der Waals surface area contributed by atoms with Gasteiger partial charge in [-0.1, -0.05) is 31.5 Å². The second-order valence-corrected chi connectivity index (χ2v) is 3.89. The maximum absolute atomic E-state index is 5.73. The summed E-state index contributed by atoms with van der Waals surface area (Å²) in [4.78, 5) is 0. The van der Waals surface area contributed by atoms with Crippen molar-refractivity contribution in [3.8, 4) is 5.75 Å². The van der Waals surface area contributed by atoms with Gasteiger partial charge in [-0.2, -0.15) is 0 Å². The zero-order valence-electron chi connectivity index (χ0n) is 11.1. The lowest BCUT2D eigenvalue weighted by molar-refractivity contribution is 0.239. The van der Waals surface area contributed by atoms with Crippen LogP contribution < -0.4 is 4.74 Å². The lowest BCUT2D eigenvalue weighted by atomic mass is 10.1. The van der Waals surface area contributed by atoms with Crippen LogP contribution in [0.25, 0.3) is 0 Å². The molecule has 15 heavy (non-hydrogen) atoms. The molecule has 1 aromatic rings. The van der Waals surface area contributed by atoms with Crippen LogP contribution in [0.1, 0.15) is 44.4 Å². The fourth-order valence-electron chi connectivity index (χ4n) is 1.59. The molecule has 0 unspecified atom stereocenters. The monoisotopic (exact) mass is 208 g/mol. The average Bonchev–Trinajstić information content (AvgIpc) is 2.14. The Balaban J connectivity index is 0.000000921. The minimum Gasteiger partial charge on any atom is -0.490 e. The number of rotatable bonds is 2. The van der Waals surface area contributed by atoms with Crippen molar-refractivity contribution in [3.63, 3.8) is 0 Å². The van der Waals surface area contributed by atoms with Crippen molar-refractivity contribution < 1.29 is 4.74 Å². The second-order valence-electron chi connectivity index (χ2n) is 3.89. The first-order valence-electron chi connectivity index (χ1n) is 5.75. The summed E-state index contributed by atoms with van der Waals surface area (Å²) in [5.74, 6) is 1.04. The van der Waals surface area contributed by atoms with E-state index in [1.165, 1.54) is 16.7 Å². The van der Waals surface area contributed by atoms with E-state index in [-0.39, 0.29) is 6.10 Å². The number of ether oxygens (including phenoxy) is 1. The van der Waals surface area contributed by atoms with Crippen LogP contribution in [-0.4, -0.2) is 6.10 Å². The lowest BCUT2D eigenvalue weighted by Gasteiger charge is -2.15. The summed E-state index contributed by atoms with van der Waals surface area (Å²) >= 11 is 0. The molecule has 0 aromatic heterocycles. The van der Waals surface area contributed by atoms with Crippen molar-refractivity contribution in [1.29, 1.82) is 0 Å². The van der Waals surface area contributed by atoms with E-state index in [1.807, 2.05) is 13.8 Å². The lowest BCUT2D eigenvalue weighted by Crippen LogP contribution is -2.08. The molecule has 0 radical (unpaired) electrons.